The number of ether oxygens (including phenoxy) is 1. The van der Waals surface area contributed by atoms with E-state index in [1.165, 1.54) is 23.1 Å². The van der Waals surface area contributed by atoms with Crippen molar-refractivity contribution in [2.45, 2.75) is 24.0 Å². The maximum absolute atomic E-state index is 13.2. The van der Waals surface area contributed by atoms with Crippen LogP contribution >= 0.6 is 23.1 Å². The van der Waals surface area contributed by atoms with Crippen molar-refractivity contribution in [2.24, 2.45) is 0 Å². The zero-order valence-corrected chi connectivity index (χ0v) is 23.6. The minimum Gasteiger partial charge on any atom is -0.497 e. The summed E-state index contributed by atoms with van der Waals surface area (Å²) < 4.78 is 5.20. The highest BCUT2D eigenvalue weighted by Gasteiger charge is 2.18. The number of rotatable bonds is 10. The van der Waals surface area contributed by atoms with Gasteiger partial charge in [0.05, 0.1) is 12.4 Å². The molecule has 0 aliphatic heterocycles. The molecule has 3 N–H and O–H groups in total. The Bertz CT molecular complexity index is 1500. The van der Waals surface area contributed by atoms with Crippen molar-refractivity contribution in [3.8, 4) is 5.75 Å². The highest BCUT2D eigenvalue weighted by Crippen LogP contribution is 2.26. The predicted molar refractivity (Wildman–Crippen MR) is 159 cm³/mol. The zero-order chi connectivity index (χ0) is 28.5. The van der Waals surface area contributed by atoms with Gasteiger partial charge in [-0.05, 0) is 74.0 Å². The molecule has 204 valence electrons. The van der Waals surface area contributed by atoms with Crippen LogP contribution in [0.4, 0.5) is 10.8 Å². The first kappa shape index (κ1) is 28.5. The second-order valence-electron chi connectivity index (χ2n) is 8.51. The van der Waals surface area contributed by atoms with E-state index in [-0.39, 0.29) is 16.9 Å². The third-order valence-corrected chi connectivity index (χ3v) is 7.37. The van der Waals surface area contributed by atoms with Crippen LogP contribution in [0.2, 0.25) is 0 Å². The summed E-state index contributed by atoms with van der Waals surface area (Å²) in [5, 5.41) is 17.0. The normalized spacial score (nSPS) is 11.8. The Labute approximate surface area is 240 Å². The van der Waals surface area contributed by atoms with Gasteiger partial charge in [0.25, 0.3) is 11.8 Å². The number of aromatic nitrogens is 2. The first-order chi connectivity index (χ1) is 19.3. The molecule has 1 heterocycles. The maximum atomic E-state index is 13.2. The van der Waals surface area contributed by atoms with Gasteiger partial charge in [-0.25, -0.2) is 0 Å². The predicted octanol–water partition coefficient (Wildman–Crippen LogP) is 5.38. The second kappa shape index (κ2) is 13.5. The van der Waals surface area contributed by atoms with Gasteiger partial charge in [0.15, 0.2) is 0 Å². The van der Waals surface area contributed by atoms with Crippen LogP contribution in [-0.2, 0) is 9.59 Å². The lowest BCUT2D eigenvalue weighted by Gasteiger charge is -2.13. The van der Waals surface area contributed by atoms with E-state index < -0.39 is 11.8 Å². The number of carbonyl (C=O) groups excluding carboxylic acids is 3. The number of thioether (sulfide) groups is 1. The van der Waals surface area contributed by atoms with Gasteiger partial charge in [-0.15, -0.1) is 22.0 Å². The van der Waals surface area contributed by atoms with Crippen LogP contribution in [0.5, 0.6) is 5.75 Å². The maximum Gasteiger partial charge on any atom is 0.272 e. The van der Waals surface area contributed by atoms with Crippen LogP contribution in [-0.4, -0.2) is 40.3 Å². The zero-order valence-electron chi connectivity index (χ0n) is 22.0. The number of carbonyl (C=O) groups is 3. The first-order valence-electron chi connectivity index (χ1n) is 12.2. The molecule has 1 atom stereocenters. The Morgan fingerprint density at radius 3 is 2.25 bits per heavy atom. The fourth-order valence-corrected chi connectivity index (χ4v) is 4.90. The van der Waals surface area contributed by atoms with Crippen LogP contribution in [0.15, 0.2) is 89.5 Å². The summed E-state index contributed by atoms with van der Waals surface area (Å²) in [5.74, 6) is -0.392. The quantitative estimate of drug-likeness (QED) is 0.172. The third kappa shape index (κ3) is 8.01. The van der Waals surface area contributed by atoms with Crippen LogP contribution < -0.4 is 20.7 Å². The van der Waals surface area contributed by atoms with E-state index in [4.69, 9.17) is 4.74 Å². The standard InChI is InChI=1S/C29H27N5O4S2/c1-18(26(35)32-29-34-33-19(2)40-29)39-24-15-11-22(12-16-24)30-28(37)25(17-20-9-13-23(38-3)14-10-20)31-27(36)21-7-5-4-6-8-21/h4-18H,1-3H3,(H,30,37)(H,31,36)(H,32,34,35). The molecule has 0 fully saturated rings. The molecule has 11 heteroatoms. The van der Waals surface area contributed by atoms with E-state index in [0.717, 1.165) is 9.90 Å². The molecule has 0 aliphatic rings. The molecule has 0 saturated heterocycles. The summed E-state index contributed by atoms with van der Waals surface area (Å²) in [7, 11) is 1.57. The molecule has 1 unspecified atom stereocenters. The fourth-order valence-electron chi connectivity index (χ4n) is 3.44. The lowest BCUT2D eigenvalue weighted by atomic mass is 10.1. The van der Waals surface area contributed by atoms with Crippen LogP contribution in [0, 0.1) is 6.92 Å². The molecule has 3 aromatic carbocycles. The van der Waals surface area contributed by atoms with Crippen LogP contribution in [0.1, 0.15) is 27.9 Å². The number of aryl methyl sites for hydroxylation is 1. The van der Waals surface area contributed by atoms with Crippen LogP contribution in [0.25, 0.3) is 6.08 Å². The number of nitrogens with zero attached hydrogens (tertiary/aromatic N) is 2. The topological polar surface area (TPSA) is 122 Å². The molecule has 4 rings (SSSR count). The van der Waals surface area contributed by atoms with Gasteiger partial charge in [0, 0.05) is 16.1 Å². The van der Waals surface area contributed by atoms with Crippen molar-refractivity contribution in [2.75, 3.05) is 17.7 Å². The number of methoxy groups -OCH3 is 1. The summed E-state index contributed by atoms with van der Waals surface area (Å²) in [6, 6.07) is 22.9. The highest BCUT2D eigenvalue weighted by atomic mass is 32.2. The van der Waals surface area contributed by atoms with Gasteiger partial charge in [-0.1, -0.05) is 41.7 Å². The number of hydrogen-bond donors (Lipinski definition) is 3. The highest BCUT2D eigenvalue weighted by molar-refractivity contribution is 8.00. The molecular formula is C29H27N5O4S2. The second-order valence-corrected chi connectivity index (χ2v) is 11.1. The molecule has 9 nitrogen and oxygen atoms in total. The van der Waals surface area contributed by atoms with Crippen molar-refractivity contribution in [1.29, 1.82) is 0 Å². The van der Waals surface area contributed by atoms with E-state index in [2.05, 4.69) is 26.1 Å². The molecule has 40 heavy (non-hydrogen) atoms. The first-order valence-corrected chi connectivity index (χ1v) is 13.9. The molecule has 3 amide bonds. The van der Waals surface area contributed by atoms with Gasteiger partial charge in [0.1, 0.15) is 16.5 Å². The fraction of sp³-hybridized carbons (Fsp3) is 0.138. The van der Waals surface area contributed by atoms with Gasteiger partial charge in [-0.2, -0.15) is 0 Å². The van der Waals surface area contributed by atoms with Gasteiger partial charge in [-0.3, -0.25) is 19.7 Å². The van der Waals surface area contributed by atoms with Gasteiger partial charge >= 0.3 is 0 Å². The van der Waals surface area contributed by atoms with Crippen molar-refractivity contribution >= 4 is 57.7 Å². The molecule has 0 aliphatic carbocycles. The Morgan fingerprint density at radius 2 is 1.62 bits per heavy atom. The minimum atomic E-state index is -0.486. The number of amides is 3. The van der Waals surface area contributed by atoms with Gasteiger partial charge < -0.3 is 15.4 Å². The molecule has 0 spiro atoms. The van der Waals surface area contributed by atoms with Crippen molar-refractivity contribution < 1.29 is 19.1 Å². The average molecular weight is 574 g/mol. The number of nitrogens with one attached hydrogen (secondary N) is 3. The summed E-state index contributed by atoms with van der Waals surface area (Å²) >= 11 is 2.69. The monoisotopic (exact) mass is 573 g/mol. The van der Waals surface area contributed by atoms with Gasteiger partial charge in [0.2, 0.25) is 11.0 Å². The van der Waals surface area contributed by atoms with Crippen LogP contribution in [0.3, 0.4) is 0 Å². The Hall–Kier alpha value is -4.48. The van der Waals surface area contributed by atoms with E-state index in [0.29, 0.717) is 27.7 Å². The molecule has 1 aromatic heterocycles. The molecule has 0 saturated carbocycles. The summed E-state index contributed by atoms with van der Waals surface area (Å²) in [6.07, 6.45) is 1.60. The van der Waals surface area contributed by atoms with Crippen molar-refractivity contribution in [3.63, 3.8) is 0 Å². The van der Waals surface area contributed by atoms with E-state index in [1.807, 2.05) is 25.1 Å². The van der Waals surface area contributed by atoms with E-state index >= 15 is 0 Å². The Balaban J connectivity index is 1.44. The lowest BCUT2D eigenvalue weighted by Crippen LogP contribution is -2.30. The summed E-state index contributed by atoms with van der Waals surface area (Å²) in [4.78, 5) is 39.4. The van der Waals surface area contributed by atoms with E-state index in [1.54, 1.807) is 80.8 Å². The van der Waals surface area contributed by atoms with E-state index in [9.17, 15) is 14.4 Å². The molecule has 4 aromatic rings. The number of benzene rings is 3. The smallest absolute Gasteiger partial charge is 0.272 e. The molecule has 0 bridgehead atoms. The number of anilines is 2. The molecule has 0 radical (unpaired) electrons. The van der Waals surface area contributed by atoms with Crippen molar-refractivity contribution in [1.82, 2.24) is 15.5 Å². The third-order valence-electron chi connectivity index (χ3n) is 5.51. The summed E-state index contributed by atoms with van der Waals surface area (Å²) in [5.41, 5.74) is 1.75. The van der Waals surface area contributed by atoms with Crippen molar-refractivity contribution in [3.05, 3.63) is 101 Å². The average Bonchev–Trinajstić information content (AvgIpc) is 3.38. The summed E-state index contributed by atoms with van der Waals surface area (Å²) in [6.45, 7) is 3.62. The molecular weight excluding hydrogens is 546 g/mol. The minimum absolute atomic E-state index is 0.0784. The number of hydrogen-bond acceptors (Lipinski definition) is 8. The largest absolute Gasteiger partial charge is 0.497 e. The Kier molecular flexibility index (Phi) is 9.66. The lowest BCUT2D eigenvalue weighted by molar-refractivity contribution is -0.115. The SMILES string of the molecule is COc1ccc(C=C(NC(=O)c2ccccc2)C(=O)Nc2ccc(SC(C)C(=O)Nc3nnc(C)s3)cc2)cc1. The Morgan fingerprint density at radius 1 is 0.925 bits per heavy atom.